The van der Waals surface area contributed by atoms with Crippen molar-refractivity contribution in [2.45, 2.75) is 19.4 Å². The summed E-state index contributed by atoms with van der Waals surface area (Å²) in [7, 11) is 0. The molecule has 2 aromatic heterocycles. The normalized spacial score (nSPS) is 10.1. The van der Waals surface area contributed by atoms with Crippen molar-refractivity contribution in [3.8, 4) is 0 Å². The average molecular weight is 344 g/mol. The average Bonchev–Trinajstić information content (AvgIpc) is 3.06. The number of hydrogen-bond acceptors (Lipinski definition) is 3. The molecule has 3 aromatic rings. The third-order valence-corrected chi connectivity index (χ3v) is 3.85. The fraction of sp³-hybridized carbons (Fsp3) is 0.267. The molecule has 0 aliphatic heterocycles. The molecule has 3 rings (SSSR count). The van der Waals surface area contributed by atoms with Crippen molar-refractivity contribution in [3.05, 3.63) is 52.5 Å². The Morgan fingerprint density at radius 3 is 2.76 bits per heavy atom. The molecule has 0 bridgehead atoms. The molecule has 0 saturated carbocycles. The van der Waals surface area contributed by atoms with Gasteiger partial charge in [0.2, 0.25) is 0 Å². The van der Waals surface area contributed by atoms with E-state index in [1.807, 2.05) is 18.2 Å². The van der Waals surface area contributed by atoms with Crippen LogP contribution < -0.4 is 5.32 Å². The van der Waals surface area contributed by atoms with E-state index in [0.29, 0.717) is 0 Å². The largest absolute Gasteiger partial charge is 0.342 e. The highest BCUT2D eigenvalue weighted by Crippen LogP contribution is 2.11. The predicted molar refractivity (Wildman–Crippen MR) is 94.9 cm³/mol. The fourth-order valence-electron chi connectivity index (χ4n) is 2.13. The molecule has 0 radical (unpaired) electrons. The van der Waals surface area contributed by atoms with Gasteiger partial charge >= 0.3 is 0 Å². The lowest BCUT2D eigenvalue weighted by Crippen LogP contribution is -2.15. The minimum Gasteiger partial charge on any atom is -0.342 e. The summed E-state index contributed by atoms with van der Waals surface area (Å²) in [6, 6.07) is 10.3. The van der Waals surface area contributed by atoms with Gasteiger partial charge in [0.1, 0.15) is 5.82 Å². The monoisotopic (exact) mass is 343 g/mol. The lowest BCUT2D eigenvalue weighted by Gasteiger charge is -2.01. The van der Waals surface area contributed by atoms with E-state index in [9.17, 15) is 0 Å². The van der Waals surface area contributed by atoms with Crippen LogP contribution in [0.15, 0.2) is 41.1 Å². The number of aromatic amines is 1. The lowest BCUT2D eigenvalue weighted by molar-refractivity contribution is 0.642. The standard InChI is InChI=1S/C15H17N3S.2ClH/c1-2-5-14-13(4-1)17-15(18-14)6-3-8-16-10-12-7-9-19-11-12;;/h1-2,4-5,7,9,11,16H,3,6,8,10H2,(H,17,18);2*1H. The van der Waals surface area contributed by atoms with Gasteiger partial charge in [-0.15, -0.1) is 24.8 Å². The molecule has 0 unspecified atom stereocenters. The molecule has 0 aliphatic rings. The number of para-hydroxylation sites is 2. The lowest BCUT2D eigenvalue weighted by atomic mass is 10.3. The maximum absolute atomic E-state index is 4.58. The Kier molecular flexibility index (Phi) is 7.75. The molecule has 0 fully saturated rings. The summed E-state index contributed by atoms with van der Waals surface area (Å²) in [5, 5.41) is 7.76. The smallest absolute Gasteiger partial charge is 0.107 e. The van der Waals surface area contributed by atoms with E-state index in [1.54, 1.807) is 11.3 Å². The molecule has 2 N–H and O–H groups in total. The van der Waals surface area contributed by atoms with Crippen molar-refractivity contribution >= 4 is 47.2 Å². The van der Waals surface area contributed by atoms with Crippen LogP contribution in [-0.2, 0) is 13.0 Å². The molecular weight excluding hydrogens is 325 g/mol. The molecule has 1 aromatic carbocycles. The zero-order valence-electron chi connectivity index (χ0n) is 11.5. The number of imidazole rings is 1. The number of rotatable bonds is 6. The van der Waals surface area contributed by atoms with Gasteiger partial charge in [0.15, 0.2) is 0 Å². The highest BCUT2D eigenvalue weighted by Gasteiger charge is 2.01. The minimum atomic E-state index is 0. The van der Waals surface area contributed by atoms with Crippen molar-refractivity contribution in [1.29, 1.82) is 0 Å². The van der Waals surface area contributed by atoms with Gasteiger partial charge in [-0.05, 0) is 47.5 Å². The number of H-pyrrole nitrogens is 1. The van der Waals surface area contributed by atoms with Crippen molar-refractivity contribution in [2.24, 2.45) is 0 Å². The Morgan fingerprint density at radius 2 is 2.00 bits per heavy atom. The topological polar surface area (TPSA) is 40.7 Å². The number of fused-ring (bicyclic) bond motifs is 1. The van der Waals surface area contributed by atoms with Crippen molar-refractivity contribution < 1.29 is 0 Å². The van der Waals surface area contributed by atoms with Gasteiger partial charge in [-0.2, -0.15) is 11.3 Å². The predicted octanol–water partition coefficient (Wildman–Crippen LogP) is 4.19. The zero-order valence-corrected chi connectivity index (χ0v) is 14.0. The van der Waals surface area contributed by atoms with E-state index in [-0.39, 0.29) is 24.8 Å². The summed E-state index contributed by atoms with van der Waals surface area (Å²) in [6.07, 6.45) is 2.09. The molecule has 0 amide bonds. The molecule has 0 spiro atoms. The van der Waals surface area contributed by atoms with Gasteiger partial charge in [0.25, 0.3) is 0 Å². The molecule has 21 heavy (non-hydrogen) atoms. The number of hydrogen-bond donors (Lipinski definition) is 2. The van der Waals surface area contributed by atoms with E-state index < -0.39 is 0 Å². The van der Waals surface area contributed by atoms with Crippen molar-refractivity contribution in [3.63, 3.8) is 0 Å². The summed E-state index contributed by atoms with van der Waals surface area (Å²) in [6.45, 7) is 1.98. The Hall–Kier alpha value is -1.07. The van der Waals surface area contributed by atoms with E-state index in [1.165, 1.54) is 5.56 Å². The first-order valence-corrected chi connectivity index (χ1v) is 7.51. The first-order chi connectivity index (χ1) is 9.42. The second-order valence-electron chi connectivity index (χ2n) is 4.61. The maximum atomic E-state index is 4.58. The van der Waals surface area contributed by atoms with Crippen LogP contribution in [0.3, 0.4) is 0 Å². The SMILES string of the molecule is Cl.Cl.c1ccc2[nH]c(CCCNCc3ccsc3)nc2c1. The van der Waals surface area contributed by atoms with Crippen LogP contribution in [-0.4, -0.2) is 16.5 Å². The minimum absolute atomic E-state index is 0. The third kappa shape index (κ3) is 5.00. The number of nitrogens with zero attached hydrogens (tertiary/aromatic N) is 1. The number of aryl methyl sites for hydroxylation is 1. The number of nitrogens with one attached hydrogen (secondary N) is 2. The second-order valence-corrected chi connectivity index (χ2v) is 5.39. The van der Waals surface area contributed by atoms with Crippen LogP contribution in [0.5, 0.6) is 0 Å². The Labute approximate surface area is 141 Å². The van der Waals surface area contributed by atoms with E-state index in [0.717, 1.165) is 42.8 Å². The van der Waals surface area contributed by atoms with Crippen molar-refractivity contribution in [2.75, 3.05) is 6.54 Å². The Bertz CT molecular complexity index is 604. The fourth-order valence-corrected chi connectivity index (χ4v) is 2.80. The molecule has 114 valence electrons. The third-order valence-electron chi connectivity index (χ3n) is 3.11. The summed E-state index contributed by atoms with van der Waals surface area (Å²) < 4.78 is 0. The summed E-state index contributed by atoms with van der Waals surface area (Å²) >= 11 is 1.75. The molecule has 6 heteroatoms. The van der Waals surface area contributed by atoms with Gasteiger partial charge in [0.05, 0.1) is 11.0 Å². The maximum Gasteiger partial charge on any atom is 0.107 e. The Balaban J connectivity index is 0.00000110. The van der Waals surface area contributed by atoms with Gasteiger partial charge < -0.3 is 10.3 Å². The second kappa shape index (κ2) is 9.05. The van der Waals surface area contributed by atoms with Crippen LogP contribution in [0, 0.1) is 0 Å². The van der Waals surface area contributed by atoms with Gasteiger partial charge in [-0.25, -0.2) is 4.98 Å². The number of aromatic nitrogens is 2. The summed E-state index contributed by atoms with van der Waals surface area (Å²) in [4.78, 5) is 7.94. The van der Waals surface area contributed by atoms with Crippen LogP contribution in [0.4, 0.5) is 0 Å². The van der Waals surface area contributed by atoms with E-state index >= 15 is 0 Å². The molecule has 2 heterocycles. The van der Waals surface area contributed by atoms with Gasteiger partial charge in [-0.3, -0.25) is 0 Å². The molecule has 3 nitrogen and oxygen atoms in total. The molecular formula is C15H19Cl2N3S. The number of thiophene rings is 1. The van der Waals surface area contributed by atoms with Crippen molar-refractivity contribution in [1.82, 2.24) is 15.3 Å². The van der Waals surface area contributed by atoms with Crippen LogP contribution in [0.25, 0.3) is 11.0 Å². The number of benzene rings is 1. The number of halogens is 2. The molecule has 0 saturated heterocycles. The first-order valence-electron chi connectivity index (χ1n) is 6.57. The quantitative estimate of drug-likeness (QED) is 0.658. The first kappa shape index (κ1) is 18.0. The van der Waals surface area contributed by atoms with E-state index in [4.69, 9.17) is 0 Å². The molecule has 0 aliphatic carbocycles. The van der Waals surface area contributed by atoms with Gasteiger partial charge in [-0.1, -0.05) is 12.1 Å². The summed E-state index contributed by atoms with van der Waals surface area (Å²) in [5.41, 5.74) is 3.56. The van der Waals surface area contributed by atoms with Crippen LogP contribution in [0.2, 0.25) is 0 Å². The zero-order chi connectivity index (χ0) is 12.9. The molecule has 0 atom stereocenters. The van der Waals surface area contributed by atoms with Crippen LogP contribution in [0.1, 0.15) is 17.8 Å². The van der Waals surface area contributed by atoms with E-state index in [2.05, 4.69) is 38.2 Å². The summed E-state index contributed by atoms with van der Waals surface area (Å²) in [5.74, 6) is 1.08. The van der Waals surface area contributed by atoms with Gasteiger partial charge in [0, 0.05) is 13.0 Å². The Morgan fingerprint density at radius 1 is 1.14 bits per heavy atom. The highest BCUT2D eigenvalue weighted by molar-refractivity contribution is 7.07. The van der Waals surface area contributed by atoms with Crippen LogP contribution >= 0.6 is 36.2 Å². The highest BCUT2D eigenvalue weighted by atomic mass is 35.5.